The van der Waals surface area contributed by atoms with E-state index in [4.69, 9.17) is 5.11 Å². The highest BCUT2D eigenvalue weighted by atomic mass is 16.3. The lowest BCUT2D eigenvalue weighted by Crippen LogP contribution is -2.47. The monoisotopic (exact) mass is 427 g/mol. The zero-order chi connectivity index (χ0) is 22.8. The summed E-state index contributed by atoms with van der Waals surface area (Å²) in [4.78, 5) is 7.37. The predicted octanol–water partition coefficient (Wildman–Crippen LogP) is 3.41. The summed E-state index contributed by atoms with van der Waals surface area (Å²) in [6, 6.07) is 0. The van der Waals surface area contributed by atoms with Gasteiger partial charge in [-0.3, -0.25) is 4.90 Å². The average molecular weight is 428 g/mol. The number of piperidine rings is 1. The van der Waals surface area contributed by atoms with Crippen LogP contribution in [0.1, 0.15) is 67.7 Å². The van der Waals surface area contributed by atoms with E-state index in [0.717, 1.165) is 51.7 Å². The van der Waals surface area contributed by atoms with Gasteiger partial charge in [0.05, 0.1) is 6.61 Å². The van der Waals surface area contributed by atoms with Gasteiger partial charge in [0.1, 0.15) is 0 Å². The summed E-state index contributed by atoms with van der Waals surface area (Å²) < 4.78 is 0. The molecule has 30 heavy (non-hydrogen) atoms. The first kappa shape index (κ1) is 27.8. The molecule has 2 rings (SSSR count). The van der Waals surface area contributed by atoms with Crippen LogP contribution in [0.2, 0.25) is 0 Å². The predicted molar refractivity (Wildman–Crippen MR) is 129 cm³/mol. The van der Waals surface area contributed by atoms with Crippen LogP contribution < -0.4 is 0 Å². The van der Waals surface area contributed by atoms with Crippen molar-refractivity contribution in [3.63, 3.8) is 0 Å². The fourth-order valence-electron chi connectivity index (χ4n) is 4.70. The molecular formula is C25H53N3O2. The summed E-state index contributed by atoms with van der Waals surface area (Å²) in [6.45, 7) is 26.8. The van der Waals surface area contributed by atoms with Gasteiger partial charge in [-0.05, 0) is 55.0 Å². The maximum absolute atomic E-state index is 9.29. The Morgan fingerprint density at radius 2 is 1.27 bits per heavy atom. The highest BCUT2D eigenvalue weighted by molar-refractivity contribution is 4.81. The average Bonchev–Trinajstić information content (AvgIpc) is 2.66. The second kappa shape index (κ2) is 13.4. The molecule has 0 aromatic heterocycles. The van der Waals surface area contributed by atoms with Crippen LogP contribution >= 0.6 is 0 Å². The van der Waals surface area contributed by atoms with Crippen LogP contribution in [0.25, 0.3) is 0 Å². The third-order valence-electron chi connectivity index (χ3n) is 6.37. The van der Waals surface area contributed by atoms with Gasteiger partial charge >= 0.3 is 0 Å². The zero-order valence-corrected chi connectivity index (χ0v) is 21.3. The second-order valence-electron chi connectivity index (χ2n) is 12.0. The van der Waals surface area contributed by atoms with Crippen LogP contribution in [-0.2, 0) is 0 Å². The third-order valence-corrected chi connectivity index (χ3v) is 6.37. The maximum Gasteiger partial charge on any atom is 0.0558 e. The fraction of sp³-hybridized carbons (Fsp3) is 1.00. The molecule has 0 bridgehead atoms. The number of β-amino-alcohol motifs (C(OH)–C–C–N with tert-alkyl or cyclic N) is 1. The SMILES string of the molecule is CC(C)(C)CCN1CCN(CCO)CC1.CCN1C[C@H](CO)C[C@@H](CC(C)(C)C)C1. The van der Waals surface area contributed by atoms with E-state index in [2.05, 4.69) is 63.2 Å². The highest BCUT2D eigenvalue weighted by Gasteiger charge is 2.28. The topological polar surface area (TPSA) is 50.2 Å². The Hall–Kier alpha value is -0.200. The molecule has 5 heteroatoms. The number of likely N-dealkylation sites (tertiary alicyclic amines) is 1. The van der Waals surface area contributed by atoms with Gasteiger partial charge in [0.2, 0.25) is 0 Å². The Kier molecular flexibility index (Phi) is 12.4. The molecule has 180 valence electrons. The van der Waals surface area contributed by atoms with E-state index in [9.17, 15) is 5.11 Å². The molecule has 0 unspecified atom stereocenters. The molecule has 0 amide bonds. The van der Waals surface area contributed by atoms with Crippen molar-refractivity contribution in [3.05, 3.63) is 0 Å². The lowest BCUT2D eigenvalue weighted by Gasteiger charge is -2.39. The standard InChI is InChI=1S/C13H27NO.C12H26N2O/c1-5-14-8-11(7-13(2,3)4)6-12(9-14)10-15;1-12(2,3)4-5-13-6-8-14(9-7-13)10-11-15/h11-12,15H,5-10H2,1-4H3;15H,4-11H2,1-3H3/t11-,12+;/m0./s1. The molecule has 0 saturated carbocycles. The zero-order valence-electron chi connectivity index (χ0n) is 21.3. The van der Waals surface area contributed by atoms with Crippen molar-refractivity contribution in [2.45, 2.75) is 67.7 Å². The van der Waals surface area contributed by atoms with Gasteiger partial charge in [-0.15, -0.1) is 0 Å². The van der Waals surface area contributed by atoms with Crippen LogP contribution in [0.3, 0.4) is 0 Å². The molecule has 2 heterocycles. The summed E-state index contributed by atoms with van der Waals surface area (Å²) in [5, 5.41) is 18.1. The van der Waals surface area contributed by atoms with Gasteiger partial charge in [0.25, 0.3) is 0 Å². The Morgan fingerprint density at radius 3 is 1.70 bits per heavy atom. The van der Waals surface area contributed by atoms with Crippen molar-refractivity contribution in [3.8, 4) is 0 Å². The maximum atomic E-state index is 9.29. The number of hydrogen-bond donors (Lipinski definition) is 2. The Labute approximate surface area is 187 Å². The molecule has 0 aromatic rings. The van der Waals surface area contributed by atoms with Crippen molar-refractivity contribution in [1.82, 2.24) is 14.7 Å². The molecule has 2 aliphatic rings. The smallest absolute Gasteiger partial charge is 0.0558 e. The van der Waals surface area contributed by atoms with E-state index in [-0.39, 0.29) is 0 Å². The van der Waals surface area contributed by atoms with E-state index >= 15 is 0 Å². The minimum atomic E-state index is 0.294. The lowest BCUT2D eigenvalue weighted by atomic mass is 9.78. The van der Waals surface area contributed by atoms with Crippen molar-refractivity contribution < 1.29 is 10.2 Å². The largest absolute Gasteiger partial charge is 0.396 e. The molecular weight excluding hydrogens is 374 g/mol. The fourth-order valence-corrected chi connectivity index (χ4v) is 4.70. The first-order chi connectivity index (χ1) is 14.0. The molecule has 0 aromatic carbocycles. The van der Waals surface area contributed by atoms with Gasteiger partial charge in [0.15, 0.2) is 0 Å². The van der Waals surface area contributed by atoms with Crippen LogP contribution in [0.5, 0.6) is 0 Å². The van der Waals surface area contributed by atoms with Crippen LogP contribution in [0.4, 0.5) is 0 Å². The third kappa shape index (κ3) is 12.6. The van der Waals surface area contributed by atoms with Gasteiger partial charge in [-0.25, -0.2) is 0 Å². The van der Waals surface area contributed by atoms with Gasteiger partial charge < -0.3 is 20.0 Å². The van der Waals surface area contributed by atoms with E-state index in [1.807, 2.05) is 0 Å². The Balaban J connectivity index is 0.000000300. The van der Waals surface area contributed by atoms with E-state index in [0.29, 0.717) is 30.0 Å². The number of aliphatic hydroxyl groups is 2. The first-order valence-electron chi connectivity index (χ1n) is 12.3. The molecule has 5 nitrogen and oxygen atoms in total. The summed E-state index contributed by atoms with van der Waals surface area (Å²) in [5.74, 6) is 1.28. The Bertz CT molecular complexity index is 425. The molecule has 0 spiro atoms. The number of rotatable bonds is 7. The second-order valence-corrected chi connectivity index (χ2v) is 12.0. The molecule has 2 N–H and O–H groups in total. The Morgan fingerprint density at radius 1 is 0.733 bits per heavy atom. The van der Waals surface area contributed by atoms with Crippen molar-refractivity contribution in [1.29, 1.82) is 0 Å². The minimum Gasteiger partial charge on any atom is -0.396 e. The molecule has 2 saturated heterocycles. The van der Waals surface area contributed by atoms with E-state index in [1.165, 1.54) is 32.4 Å². The van der Waals surface area contributed by atoms with Crippen molar-refractivity contribution >= 4 is 0 Å². The van der Waals surface area contributed by atoms with E-state index in [1.54, 1.807) is 0 Å². The molecule has 2 atom stereocenters. The number of piperazine rings is 1. The van der Waals surface area contributed by atoms with E-state index < -0.39 is 0 Å². The van der Waals surface area contributed by atoms with Crippen molar-refractivity contribution in [2.24, 2.45) is 22.7 Å². The normalized spacial score (nSPS) is 25.1. The van der Waals surface area contributed by atoms with Gasteiger partial charge in [0, 0.05) is 52.4 Å². The number of aliphatic hydroxyl groups excluding tert-OH is 2. The summed E-state index contributed by atoms with van der Waals surface area (Å²) in [7, 11) is 0. The van der Waals surface area contributed by atoms with Gasteiger partial charge in [-0.2, -0.15) is 0 Å². The van der Waals surface area contributed by atoms with Crippen LogP contribution in [0, 0.1) is 22.7 Å². The number of hydrogen-bond acceptors (Lipinski definition) is 5. The summed E-state index contributed by atoms with van der Waals surface area (Å²) in [5.41, 5.74) is 0.865. The molecule has 0 aliphatic carbocycles. The quantitative estimate of drug-likeness (QED) is 0.652. The minimum absolute atomic E-state index is 0.294. The molecule has 2 aliphatic heterocycles. The summed E-state index contributed by atoms with van der Waals surface area (Å²) >= 11 is 0. The summed E-state index contributed by atoms with van der Waals surface area (Å²) in [6.07, 6.45) is 3.76. The lowest BCUT2D eigenvalue weighted by molar-refractivity contribution is 0.0709. The first-order valence-corrected chi connectivity index (χ1v) is 12.3. The van der Waals surface area contributed by atoms with Crippen LogP contribution in [-0.4, -0.2) is 97.0 Å². The van der Waals surface area contributed by atoms with Gasteiger partial charge in [-0.1, -0.05) is 48.5 Å². The molecule has 2 fully saturated rings. The van der Waals surface area contributed by atoms with Crippen LogP contribution in [0.15, 0.2) is 0 Å². The van der Waals surface area contributed by atoms with Crippen molar-refractivity contribution in [2.75, 3.05) is 72.1 Å². The number of nitrogens with zero attached hydrogens (tertiary/aromatic N) is 3. The highest BCUT2D eigenvalue weighted by Crippen LogP contribution is 2.32. The molecule has 0 radical (unpaired) electrons.